The fraction of sp³-hybridized carbons (Fsp3) is 0.400. The number of hydrogen-bond acceptors (Lipinski definition) is 3. The predicted octanol–water partition coefficient (Wildman–Crippen LogP) is 0.352. The molecule has 0 unspecified atom stereocenters. The van der Waals surface area contributed by atoms with Crippen LogP contribution in [-0.2, 0) is 4.74 Å². The van der Waals surface area contributed by atoms with Crippen LogP contribution in [0, 0.1) is 0 Å². The molecule has 0 amide bonds. The average molecular weight is 114 g/mol. The van der Waals surface area contributed by atoms with Gasteiger partial charge in [-0.1, -0.05) is 0 Å². The second kappa shape index (κ2) is 6.01. The summed E-state index contributed by atoms with van der Waals surface area (Å²) in [5, 5.41) is 3.67. The van der Waals surface area contributed by atoms with Gasteiger partial charge in [0.25, 0.3) is 0 Å². The molecule has 0 aromatic rings. The van der Waals surface area contributed by atoms with Gasteiger partial charge in [-0.3, -0.25) is 0 Å². The quantitative estimate of drug-likeness (QED) is 0.326. The van der Waals surface area contributed by atoms with Gasteiger partial charge in [-0.05, 0) is 6.08 Å². The number of nitrogens with zero attached hydrogens (tertiary/aromatic N) is 1. The van der Waals surface area contributed by atoms with E-state index >= 15 is 0 Å². The van der Waals surface area contributed by atoms with Crippen molar-refractivity contribution in [3.63, 3.8) is 0 Å². The van der Waals surface area contributed by atoms with Crippen molar-refractivity contribution in [1.29, 1.82) is 0 Å². The Bertz CT molecular complexity index is 76.4. The largest absolute Gasteiger partial charge is 0.504 e. The summed E-state index contributed by atoms with van der Waals surface area (Å²) in [7, 11) is 3.32. The highest BCUT2D eigenvalue weighted by Gasteiger charge is 1.59. The first-order valence-electron chi connectivity index (χ1n) is 2.29. The zero-order valence-electron chi connectivity index (χ0n) is 5.09. The standard InChI is InChI=1S/C5H10N2O/c1-6-7-4-3-5-8-2/h3-6H,1-2H3/b5-3+,7-4-. The van der Waals surface area contributed by atoms with E-state index in [4.69, 9.17) is 0 Å². The van der Waals surface area contributed by atoms with Crippen LogP contribution in [0.3, 0.4) is 0 Å². The number of allylic oxidation sites excluding steroid dienone is 1. The van der Waals surface area contributed by atoms with Gasteiger partial charge in [-0.25, -0.2) is 0 Å². The van der Waals surface area contributed by atoms with Gasteiger partial charge in [0.2, 0.25) is 0 Å². The van der Waals surface area contributed by atoms with Crippen LogP contribution in [0.4, 0.5) is 0 Å². The molecule has 0 aromatic carbocycles. The maximum Gasteiger partial charge on any atom is 0.0840 e. The molecule has 0 fully saturated rings. The van der Waals surface area contributed by atoms with E-state index in [1.54, 1.807) is 32.7 Å². The van der Waals surface area contributed by atoms with Crippen molar-refractivity contribution in [2.75, 3.05) is 14.2 Å². The van der Waals surface area contributed by atoms with Crippen molar-refractivity contribution in [2.45, 2.75) is 0 Å². The van der Waals surface area contributed by atoms with Gasteiger partial charge in [0.15, 0.2) is 0 Å². The van der Waals surface area contributed by atoms with Crippen molar-refractivity contribution < 1.29 is 4.74 Å². The number of ether oxygens (including phenoxy) is 1. The molecule has 0 aromatic heterocycles. The fourth-order valence-electron chi connectivity index (χ4n) is 0.231. The maximum absolute atomic E-state index is 4.59. The van der Waals surface area contributed by atoms with Gasteiger partial charge in [0.05, 0.1) is 13.4 Å². The Hall–Kier alpha value is -0.990. The smallest absolute Gasteiger partial charge is 0.0840 e. The SMILES string of the molecule is CN/N=C\C=C\OC. The third-order valence-corrected chi connectivity index (χ3v) is 0.504. The van der Waals surface area contributed by atoms with Crippen molar-refractivity contribution in [3.8, 4) is 0 Å². The van der Waals surface area contributed by atoms with Gasteiger partial charge in [-0.15, -0.1) is 0 Å². The van der Waals surface area contributed by atoms with Gasteiger partial charge < -0.3 is 10.2 Å². The van der Waals surface area contributed by atoms with E-state index < -0.39 is 0 Å². The number of methoxy groups -OCH3 is 1. The van der Waals surface area contributed by atoms with E-state index in [2.05, 4.69) is 15.3 Å². The lowest BCUT2D eigenvalue weighted by molar-refractivity contribution is 0.338. The summed E-state index contributed by atoms with van der Waals surface area (Å²) < 4.78 is 4.59. The Kier molecular flexibility index (Phi) is 5.27. The Morgan fingerprint density at radius 2 is 2.38 bits per heavy atom. The molecule has 0 saturated carbocycles. The van der Waals surface area contributed by atoms with E-state index in [1.165, 1.54) is 0 Å². The first kappa shape index (κ1) is 7.01. The zero-order valence-corrected chi connectivity index (χ0v) is 5.09. The molecule has 3 nitrogen and oxygen atoms in total. The minimum absolute atomic E-state index is 1.54. The fourth-order valence-corrected chi connectivity index (χ4v) is 0.231. The zero-order chi connectivity index (χ0) is 6.24. The lowest BCUT2D eigenvalue weighted by atomic mass is 10.7. The molecule has 0 aliphatic carbocycles. The molecule has 0 radical (unpaired) electrons. The number of hydrazone groups is 1. The molecule has 3 heteroatoms. The second-order valence-corrected chi connectivity index (χ2v) is 1.07. The highest BCUT2D eigenvalue weighted by molar-refractivity contribution is 5.70. The van der Waals surface area contributed by atoms with Gasteiger partial charge in [0, 0.05) is 13.3 Å². The molecule has 0 heterocycles. The van der Waals surface area contributed by atoms with Crippen LogP contribution in [0.2, 0.25) is 0 Å². The molecule has 0 aliphatic rings. The number of hydrogen-bond donors (Lipinski definition) is 1. The molecular weight excluding hydrogens is 104 g/mol. The molecular formula is C5H10N2O. The Labute approximate surface area is 49.0 Å². The summed E-state index contributed by atoms with van der Waals surface area (Å²) >= 11 is 0. The van der Waals surface area contributed by atoms with Gasteiger partial charge in [0.1, 0.15) is 0 Å². The highest BCUT2D eigenvalue weighted by atomic mass is 16.5. The Morgan fingerprint density at radius 1 is 1.62 bits per heavy atom. The topological polar surface area (TPSA) is 33.6 Å². The summed E-state index contributed by atoms with van der Waals surface area (Å²) in [5.74, 6) is 0. The van der Waals surface area contributed by atoms with Crippen LogP contribution in [0.15, 0.2) is 17.4 Å². The van der Waals surface area contributed by atoms with E-state index in [0.29, 0.717) is 0 Å². The lowest BCUT2D eigenvalue weighted by Crippen LogP contribution is -1.91. The summed E-state index contributed by atoms with van der Waals surface area (Å²) in [6.07, 6.45) is 4.83. The van der Waals surface area contributed by atoms with Crippen molar-refractivity contribution >= 4 is 6.21 Å². The molecule has 0 aliphatic heterocycles. The molecule has 8 heavy (non-hydrogen) atoms. The van der Waals surface area contributed by atoms with Crippen LogP contribution in [0.25, 0.3) is 0 Å². The van der Waals surface area contributed by atoms with Crippen molar-refractivity contribution in [1.82, 2.24) is 5.43 Å². The third-order valence-electron chi connectivity index (χ3n) is 0.504. The molecule has 0 saturated heterocycles. The first-order chi connectivity index (χ1) is 3.91. The second-order valence-electron chi connectivity index (χ2n) is 1.07. The average Bonchev–Trinajstić information content (AvgIpc) is 1.81. The normalized spacial score (nSPS) is 10.8. The molecule has 1 N–H and O–H groups in total. The number of nitrogens with one attached hydrogen (secondary N) is 1. The van der Waals surface area contributed by atoms with Gasteiger partial charge in [-0.2, -0.15) is 5.10 Å². The molecule has 0 spiro atoms. The van der Waals surface area contributed by atoms with Crippen LogP contribution in [-0.4, -0.2) is 20.4 Å². The minimum Gasteiger partial charge on any atom is -0.504 e. The van der Waals surface area contributed by atoms with Crippen molar-refractivity contribution in [3.05, 3.63) is 12.3 Å². The summed E-state index contributed by atoms with van der Waals surface area (Å²) in [6.45, 7) is 0. The lowest BCUT2D eigenvalue weighted by Gasteiger charge is -1.81. The van der Waals surface area contributed by atoms with E-state index in [9.17, 15) is 0 Å². The van der Waals surface area contributed by atoms with Crippen LogP contribution >= 0.6 is 0 Å². The van der Waals surface area contributed by atoms with Gasteiger partial charge >= 0.3 is 0 Å². The maximum atomic E-state index is 4.59. The highest BCUT2D eigenvalue weighted by Crippen LogP contribution is 1.65. The van der Waals surface area contributed by atoms with E-state index in [-0.39, 0.29) is 0 Å². The van der Waals surface area contributed by atoms with E-state index in [1.807, 2.05) is 0 Å². The molecule has 46 valence electrons. The van der Waals surface area contributed by atoms with Crippen LogP contribution in [0.1, 0.15) is 0 Å². The summed E-state index contributed by atoms with van der Waals surface area (Å²) in [5.41, 5.74) is 2.59. The van der Waals surface area contributed by atoms with Crippen LogP contribution < -0.4 is 5.43 Å². The molecule has 0 atom stereocenters. The van der Waals surface area contributed by atoms with Crippen LogP contribution in [0.5, 0.6) is 0 Å². The van der Waals surface area contributed by atoms with Crippen molar-refractivity contribution in [2.24, 2.45) is 5.10 Å². The molecule has 0 bridgehead atoms. The summed E-state index contributed by atoms with van der Waals surface area (Å²) in [4.78, 5) is 0. The Morgan fingerprint density at radius 3 is 2.88 bits per heavy atom. The first-order valence-corrected chi connectivity index (χ1v) is 2.29. The predicted molar refractivity (Wildman–Crippen MR) is 33.7 cm³/mol. The monoisotopic (exact) mass is 114 g/mol. The minimum atomic E-state index is 1.54. The summed E-state index contributed by atoms with van der Waals surface area (Å²) in [6, 6.07) is 0. The molecule has 0 rings (SSSR count). The third kappa shape index (κ3) is 5.01. The number of rotatable bonds is 3. The van der Waals surface area contributed by atoms with E-state index in [0.717, 1.165) is 0 Å². The Balaban J connectivity index is 3.13.